The van der Waals surface area contributed by atoms with E-state index in [-0.39, 0.29) is 18.6 Å². The molecule has 0 aliphatic carbocycles. The van der Waals surface area contributed by atoms with Gasteiger partial charge in [-0.05, 0) is 12.5 Å². The van der Waals surface area contributed by atoms with Gasteiger partial charge in [-0.2, -0.15) is 0 Å². The Hall–Kier alpha value is -1.39. The van der Waals surface area contributed by atoms with Crippen molar-refractivity contribution in [1.82, 2.24) is 0 Å². The Labute approximate surface area is 95.3 Å². The molecule has 1 atom stereocenters. The first kappa shape index (κ1) is 12.7. The minimum Gasteiger partial charge on any atom is -0.464 e. The molecule has 4 nitrogen and oxygen atoms in total. The van der Waals surface area contributed by atoms with Crippen molar-refractivity contribution in [3.8, 4) is 0 Å². The second-order valence-corrected chi connectivity index (χ2v) is 3.34. The number of hydrogen-bond acceptors (Lipinski definition) is 4. The van der Waals surface area contributed by atoms with Crippen molar-refractivity contribution >= 4 is 5.97 Å². The second kappa shape index (κ2) is 6.98. The van der Waals surface area contributed by atoms with Crippen molar-refractivity contribution < 1.29 is 14.3 Å². The number of carbonyl (C=O) groups is 1. The highest BCUT2D eigenvalue weighted by molar-refractivity contribution is 5.70. The van der Waals surface area contributed by atoms with Gasteiger partial charge in [-0.25, -0.2) is 4.79 Å². The zero-order chi connectivity index (χ0) is 11.8. The minimum absolute atomic E-state index is 0.0472. The van der Waals surface area contributed by atoms with E-state index in [9.17, 15) is 4.79 Å². The van der Waals surface area contributed by atoms with E-state index in [1.165, 1.54) is 0 Å². The number of nitrogens with two attached hydrogens (primary N) is 1. The molecule has 0 aliphatic heterocycles. The Morgan fingerprint density at radius 2 is 2.06 bits per heavy atom. The summed E-state index contributed by atoms with van der Waals surface area (Å²) in [6.07, 6.45) is 0. The maximum absolute atomic E-state index is 11.0. The number of esters is 1. The van der Waals surface area contributed by atoms with Gasteiger partial charge in [0.2, 0.25) is 0 Å². The Morgan fingerprint density at radius 3 is 2.69 bits per heavy atom. The summed E-state index contributed by atoms with van der Waals surface area (Å²) in [7, 11) is 0. The first-order valence-corrected chi connectivity index (χ1v) is 5.28. The van der Waals surface area contributed by atoms with Gasteiger partial charge in [-0.3, -0.25) is 0 Å². The molecule has 0 fully saturated rings. The summed E-state index contributed by atoms with van der Waals surface area (Å²) < 4.78 is 9.89. The van der Waals surface area contributed by atoms with Crippen LogP contribution in [0.5, 0.6) is 0 Å². The van der Waals surface area contributed by atoms with Gasteiger partial charge in [0.1, 0.15) is 6.61 Å². The van der Waals surface area contributed by atoms with E-state index in [4.69, 9.17) is 15.2 Å². The SMILES string of the molecule is CCOC(=O)COCC(N)c1ccccc1. The fourth-order valence-corrected chi connectivity index (χ4v) is 1.27. The van der Waals surface area contributed by atoms with Crippen LogP contribution in [-0.4, -0.2) is 25.8 Å². The fourth-order valence-electron chi connectivity index (χ4n) is 1.27. The molecule has 0 radical (unpaired) electrons. The van der Waals surface area contributed by atoms with Crippen molar-refractivity contribution in [3.63, 3.8) is 0 Å². The van der Waals surface area contributed by atoms with Crippen molar-refractivity contribution in [3.05, 3.63) is 35.9 Å². The van der Waals surface area contributed by atoms with Gasteiger partial charge >= 0.3 is 5.97 Å². The van der Waals surface area contributed by atoms with E-state index in [0.717, 1.165) is 5.56 Å². The highest BCUT2D eigenvalue weighted by Crippen LogP contribution is 2.09. The molecule has 0 bridgehead atoms. The van der Waals surface area contributed by atoms with Gasteiger partial charge < -0.3 is 15.2 Å². The largest absolute Gasteiger partial charge is 0.464 e. The summed E-state index contributed by atoms with van der Waals surface area (Å²) >= 11 is 0. The van der Waals surface area contributed by atoms with Crippen LogP contribution in [0.4, 0.5) is 0 Å². The van der Waals surface area contributed by atoms with Crippen LogP contribution in [-0.2, 0) is 14.3 Å². The molecule has 16 heavy (non-hydrogen) atoms. The molecule has 88 valence electrons. The lowest BCUT2D eigenvalue weighted by molar-refractivity contribution is -0.148. The van der Waals surface area contributed by atoms with Crippen LogP contribution in [0.15, 0.2) is 30.3 Å². The fraction of sp³-hybridized carbons (Fsp3) is 0.417. The summed E-state index contributed by atoms with van der Waals surface area (Å²) in [5.41, 5.74) is 6.87. The van der Waals surface area contributed by atoms with Gasteiger partial charge in [0.05, 0.1) is 19.3 Å². The molecule has 1 unspecified atom stereocenters. The monoisotopic (exact) mass is 223 g/mol. The average Bonchev–Trinajstić information content (AvgIpc) is 2.30. The number of rotatable bonds is 6. The Morgan fingerprint density at radius 1 is 1.38 bits per heavy atom. The maximum atomic E-state index is 11.0. The molecule has 1 aromatic rings. The van der Waals surface area contributed by atoms with E-state index < -0.39 is 0 Å². The Kier molecular flexibility index (Phi) is 5.53. The lowest BCUT2D eigenvalue weighted by Gasteiger charge is -2.11. The molecule has 0 aromatic heterocycles. The zero-order valence-electron chi connectivity index (χ0n) is 9.39. The molecule has 4 heteroatoms. The van der Waals surface area contributed by atoms with Crippen LogP contribution in [0, 0.1) is 0 Å². The van der Waals surface area contributed by atoms with Crippen LogP contribution in [0.25, 0.3) is 0 Å². The molecule has 0 heterocycles. The molecule has 1 aromatic carbocycles. The predicted octanol–water partition coefficient (Wildman–Crippen LogP) is 1.27. The van der Waals surface area contributed by atoms with E-state index in [0.29, 0.717) is 13.2 Å². The second-order valence-electron chi connectivity index (χ2n) is 3.34. The Balaban J connectivity index is 2.26. The number of hydrogen-bond donors (Lipinski definition) is 1. The van der Waals surface area contributed by atoms with Crippen molar-refractivity contribution in [2.45, 2.75) is 13.0 Å². The highest BCUT2D eigenvalue weighted by Gasteiger charge is 2.07. The standard InChI is InChI=1S/C12H17NO3/c1-2-16-12(14)9-15-8-11(13)10-6-4-3-5-7-10/h3-7,11H,2,8-9,13H2,1H3. The lowest BCUT2D eigenvalue weighted by Crippen LogP contribution is -2.20. The topological polar surface area (TPSA) is 61.5 Å². The van der Waals surface area contributed by atoms with Gasteiger partial charge in [0.15, 0.2) is 0 Å². The van der Waals surface area contributed by atoms with E-state index >= 15 is 0 Å². The van der Waals surface area contributed by atoms with Gasteiger partial charge in [0, 0.05) is 0 Å². The molecule has 0 amide bonds. The third-order valence-corrected chi connectivity index (χ3v) is 2.05. The Bertz CT molecular complexity index is 313. The van der Waals surface area contributed by atoms with Crippen LogP contribution in [0.2, 0.25) is 0 Å². The molecule has 2 N–H and O–H groups in total. The summed E-state index contributed by atoms with van der Waals surface area (Å²) in [4.78, 5) is 11.0. The quantitative estimate of drug-likeness (QED) is 0.738. The van der Waals surface area contributed by atoms with Crippen molar-refractivity contribution in [1.29, 1.82) is 0 Å². The highest BCUT2D eigenvalue weighted by atomic mass is 16.6. The molecular weight excluding hydrogens is 206 g/mol. The zero-order valence-corrected chi connectivity index (χ0v) is 9.39. The molecular formula is C12H17NO3. The normalized spacial score (nSPS) is 12.1. The maximum Gasteiger partial charge on any atom is 0.332 e. The van der Waals surface area contributed by atoms with E-state index in [1.54, 1.807) is 6.92 Å². The molecule has 0 aliphatic rings. The first-order chi connectivity index (χ1) is 7.74. The molecule has 0 spiro atoms. The smallest absolute Gasteiger partial charge is 0.332 e. The summed E-state index contributed by atoms with van der Waals surface area (Å²) in [5.74, 6) is -0.359. The number of ether oxygens (including phenoxy) is 2. The minimum atomic E-state index is -0.359. The van der Waals surface area contributed by atoms with Crippen LogP contribution >= 0.6 is 0 Å². The third kappa shape index (κ3) is 4.42. The van der Waals surface area contributed by atoms with Gasteiger partial charge in [-0.1, -0.05) is 30.3 Å². The average molecular weight is 223 g/mol. The van der Waals surface area contributed by atoms with Crippen LogP contribution in [0.1, 0.15) is 18.5 Å². The predicted molar refractivity (Wildman–Crippen MR) is 60.8 cm³/mol. The molecule has 1 rings (SSSR count). The van der Waals surface area contributed by atoms with Crippen LogP contribution < -0.4 is 5.73 Å². The van der Waals surface area contributed by atoms with E-state index in [1.807, 2.05) is 30.3 Å². The number of carbonyl (C=O) groups excluding carboxylic acids is 1. The van der Waals surface area contributed by atoms with Gasteiger partial charge in [-0.15, -0.1) is 0 Å². The van der Waals surface area contributed by atoms with E-state index in [2.05, 4.69) is 0 Å². The van der Waals surface area contributed by atoms with Crippen LogP contribution in [0.3, 0.4) is 0 Å². The summed E-state index contributed by atoms with van der Waals surface area (Å²) in [5, 5.41) is 0. The molecule has 0 saturated heterocycles. The number of benzene rings is 1. The first-order valence-electron chi connectivity index (χ1n) is 5.28. The van der Waals surface area contributed by atoms with Gasteiger partial charge in [0.25, 0.3) is 0 Å². The molecule has 0 saturated carbocycles. The lowest BCUT2D eigenvalue weighted by atomic mass is 10.1. The third-order valence-electron chi connectivity index (χ3n) is 2.05. The van der Waals surface area contributed by atoms with Crippen molar-refractivity contribution in [2.24, 2.45) is 5.73 Å². The van der Waals surface area contributed by atoms with Crippen molar-refractivity contribution in [2.75, 3.05) is 19.8 Å². The summed E-state index contributed by atoms with van der Waals surface area (Å²) in [6, 6.07) is 9.41. The summed E-state index contributed by atoms with van der Waals surface area (Å²) in [6.45, 7) is 2.39.